The van der Waals surface area contributed by atoms with Crippen LogP contribution in [0.5, 0.6) is 0 Å². The van der Waals surface area contributed by atoms with Gasteiger partial charge in [0, 0.05) is 18.1 Å². The number of amides is 1. The van der Waals surface area contributed by atoms with Gasteiger partial charge in [-0.05, 0) is 33.8 Å². The quantitative estimate of drug-likeness (QED) is 0.812. The second-order valence-corrected chi connectivity index (χ2v) is 6.86. The van der Waals surface area contributed by atoms with Gasteiger partial charge in [0.15, 0.2) is 0 Å². The van der Waals surface area contributed by atoms with E-state index in [-0.39, 0.29) is 29.5 Å². The van der Waals surface area contributed by atoms with E-state index in [0.717, 1.165) is 0 Å². The topological polar surface area (TPSA) is 81.2 Å². The summed E-state index contributed by atoms with van der Waals surface area (Å²) in [6, 6.07) is 1.68. The Balaban J connectivity index is 2.29. The third-order valence-corrected chi connectivity index (χ3v) is 3.42. The van der Waals surface area contributed by atoms with Crippen molar-refractivity contribution >= 4 is 29.6 Å². The lowest BCUT2D eigenvalue weighted by atomic mass is 10.2. The van der Waals surface area contributed by atoms with E-state index >= 15 is 0 Å². The van der Waals surface area contributed by atoms with Crippen molar-refractivity contribution in [2.45, 2.75) is 45.0 Å². The molecule has 0 aliphatic carbocycles. The number of carbonyl (C=O) groups excluding carboxylic acids is 2. The third kappa shape index (κ3) is 7.65. The fourth-order valence-electron chi connectivity index (χ4n) is 1.36. The molecule has 7 heteroatoms. The van der Waals surface area contributed by atoms with Crippen molar-refractivity contribution in [2.75, 3.05) is 11.1 Å². The van der Waals surface area contributed by atoms with Crippen LogP contribution in [0.4, 0.5) is 5.95 Å². The highest BCUT2D eigenvalue weighted by Crippen LogP contribution is 2.15. The Morgan fingerprint density at radius 1 is 1.33 bits per heavy atom. The van der Waals surface area contributed by atoms with Gasteiger partial charge >= 0.3 is 5.97 Å². The van der Waals surface area contributed by atoms with Gasteiger partial charge in [0.1, 0.15) is 5.60 Å². The average Bonchev–Trinajstić information content (AvgIpc) is 2.37. The molecule has 116 valence electrons. The van der Waals surface area contributed by atoms with E-state index < -0.39 is 5.60 Å². The van der Waals surface area contributed by atoms with Gasteiger partial charge in [-0.25, -0.2) is 9.97 Å². The first-order chi connectivity index (χ1) is 9.78. The number of hydrogen-bond donors (Lipinski definition) is 1. The zero-order chi connectivity index (χ0) is 15.9. The Morgan fingerprint density at radius 3 is 2.52 bits per heavy atom. The Hall–Kier alpha value is -1.63. The van der Waals surface area contributed by atoms with E-state index in [1.807, 2.05) is 20.8 Å². The maximum absolute atomic E-state index is 11.9. The number of carbonyl (C=O) groups is 2. The van der Waals surface area contributed by atoms with Crippen LogP contribution in [-0.4, -0.2) is 38.4 Å². The molecular weight excluding hydrogens is 290 g/mol. The fraction of sp³-hybridized carbons (Fsp3) is 0.571. The predicted molar refractivity (Wildman–Crippen MR) is 83.0 cm³/mol. The molecule has 0 aromatic carbocycles. The van der Waals surface area contributed by atoms with Crippen molar-refractivity contribution in [3.8, 4) is 0 Å². The number of esters is 1. The molecule has 1 heterocycles. The van der Waals surface area contributed by atoms with Gasteiger partial charge < -0.3 is 4.74 Å². The predicted octanol–water partition coefficient (Wildman–Crippen LogP) is 2.27. The molecule has 21 heavy (non-hydrogen) atoms. The number of rotatable bonds is 6. The molecule has 0 bridgehead atoms. The summed E-state index contributed by atoms with van der Waals surface area (Å²) in [7, 11) is 0. The summed E-state index contributed by atoms with van der Waals surface area (Å²) in [5.41, 5.74) is -0.477. The minimum absolute atomic E-state index is 0.185. The summed E-state index contributed by atoms with van der Waals surface area (Å²) in [5, 5.41) is 2.32. The Labute approximate surface area is 129 Å². The zero-order valence-corrected chi connectivity index (χ0v) is 13.6. The number of aromatic nitrogens is 2. The van der Waals surface area contributed by atoms with Gasteiger partial charge in [0.25, 0.3) is 0 Å². The van der Waals surface area contributed by atoms with Gasteiger partial charge in [0.2, 0.25) is 11.9 Å². The first-order valence-corrected chi connectivity index (χ1v) is 7.74. The minimum Gasteiger partial charge on any atom is -0.460 e. The summed E-state index contributed by atoms with van der Waals surface area (Å²) in [6.07, 6.45) is 3.40. The summed E-state index contributed by atoms with van der Waals surface area (Å²) < 4.78 is 5.20. The lowest BCUT2D eigenvalue weighted by Crippen LogP contribution is -2.26. The maximum Gasteiger partial charge on any atom is 0.307 e. The van der Waals surface area contributed by atoms with Gasteiger partial charge in [-0.2, -0.15) is 0 Å². The molecule has 0 aliphatic rings. The second-order valence-electron chi connectivity index (χ2n) is 5.41. The monoisotopic (exact) mass is 311 g/mol. The number of nitrogens with zero attached hydrogens (tertiary/aromatic N) is 2. The standard InChI is InChI=1S/C14H21N3O3S/c1-10(12(19)17-13-15-7-5-8-16-13)21-9-6-11(18)20-14(2,3)4/h5,7-8,10H,6,9H2,1-4H3,(H,15,16,17,19)/t10-/m0/s1. The molecule has 1 aromatic rings. The van der Waals surface area contributed by atoms with Crippen LogP contribution in [-0.2, 0) is 14.3 Å². The fourth-order valence-corrected chi connectivity index (χ4v) is 2.21. The van der Waals surface area contributed by atoms with Crippen molar-refractivity contribution in [3.63, 3.8) is 0 Å². The molecule has 1 atom stereocenters. The smallest absolute Gasteiger partial charge is 0.307 e. The lowest BCUT2D eigenvalue weighted by Gasteiger charge is -2.19. The molecule has 6 nitrogen and oxygen atoms in total. The molecule has 1 N–H and O–H groups in total. The summed E-state index contributed by atoms with van der Waals surface area (Å²) in [6.45, 7) is 7.26. The molecule has 0 unspecified atom stereocenters. The second kappa shape index (κ2) is 7.97. The molecule has 1 aromatic heterocycles. The lowest BCUT2D eigenvalue weighted by molar-refractivity contribution is -0.154. The van der Waals surface area contributed by atoms with Crippen molar-refractivity contribution in [2.24, 2.45) is 0 Å². The van der Waals surface area contributed by atoms with Crippen LogP contribution >= 0.6 is 11.8 Å². The molecule has 0 spiro atoms. The van der Waals surface area contributed by atoms with Gasteiger partial charge in [-0.15, -0.1) is 11.8 Å². The highest BCUT2D eigenvalue weighted by Gasteiger charge is 2.18. The van der Waals surface area contributed by atoms with E-state index in [1.165, 1.54) is 11.8 Å². The van der Waals surface area contributed by atoms with E-state index in [1.54, 1.807) is 25.4 Å². The van der Waals surface area contributed by atoms with Gasteiger partial charge in [-0.3, -0.25) is 14.9 Å². The highest BCUT2D eigenvalue weighted by molar-refractivity contribution is 8.00. The van der Waals surface area contributed by atoms with E-state index in [0.29, 0.717) is 5.75 Å². The molecule has 0 radical (unpaired) electrons. The third-order valence-electron chi connectivity index (χ3n) is 2.26. The van der Waals surface area contributed by atoms with Crippen molar-refractivity contribution in [3.05, 3.63) is 18.5 Å². The van der Waals surface area contributed by atoms with Crippen LogP contribution in [0.1, 0.15) is 34.1 Å². The van der Waals surface area contributed by atoms with Crippen molar-refractivity contribution in [1.82, 2.24) is 9.97 Å². The first-order valence-electron chi connectivity index (χ1n) is 6.69. The molecule has 0 saturated heterocycles. The van der Waals surface area contributed by atoms with E-state index in [9.17, 15) is 9.59 Å². The molecular formula is C14H21N3O3S. The maximum atomic E-state index is 11.9. The molecule has 0 aliphatic heterocycles. The Bertz CT molecular complexity index is 474. The van der Waals surface area contributed by atoms with Crippen LogP contribution in [0.3, 0.4) is 0 Å². The van der Waals surface area contributed by atoms with Crippen LogP contribution in [0, 0.1) is 0 Å². The number of anilines is 1. The van der Waals surface area contributed by atoms with Crippen LogP contribution in [0.2, 0.25) is 0 Å². The normalized spacial score (nSPS) is 12.6. The first kappa shape index (κ1) is 17.4. The summed E-state index contributed by atoms with van der Waals surface area (Å²) >= 11 is 1.39. The summed E-state index contributed by atoms with van der Waals surface area (Å²) in [5.74, 6) is 0.366. The number of hydrogen-bond acceptors (Lipinski definition) is 6. The molecule has 0 fully saturated rings. The molecule has 0 saturated carbocycles. The van der Waals surface area contributed by atoms with Gasteiger partial charge in [0.05, 0.1) is 11.7 Å². The number of ether oxygens (including phenoxy) is 1. The average molecular weight is 311 g/mol. The Morgan fingerprint density at radius 2 is 1.95 bits per heavy atom. The van der Waals surface area contributed by atoms with Crippen molar-refractivity contribution < 1.29 is 14.3 Å². The Kier molecular flexibility index (Phi) is 6.61. The van der Waals surface area contributed by atoms with E-state index in [2.05, 4.69) is 15.3 Å². The minimum atomic E-state index is -0.477. The zero-order valence-electron chi connectivity index (χ0n) is 12.8. The number of thioether (sulfide) groups is 1. The number of nitrogens with one attached hydrogen (secondary N) is 1. The van der Waals surface area contributed by atoms with Crippen LogP contribution in [0.15, 0.2) is 18.5 Å². The van der Waals surface area contributed by atoms with Gasteiger partial charge in [-0.1, -0.05) is 0 Å². The highest BCUT2D eigenvalue weighted by atomic mass is 32.2. The van der Waals surface area contributed by atoms with Crippen LogP contribution in [0.25, 0.3) is 0 Å². The molecule has 1 rings (SSSR count). The molecule has 1 amide bonds. The SMILES string of the molecule is C[C@H](SCCC(=O)OC(C)(C)C)C(=O)Nc1ncccn1. The largest absolute Gasteiger partial charge is 0.460 e. The van der Waals surface area contributed by atoms with E-state index in [4.69, 9.17) is 4.74 Å². The summed E-state index contributed by atoms with van der Waals surface area (Å²) in [4.78, 5) is 31.3. The van der Waals surface area contributed by atoms with Crippen molar-refractivity contribution in [1.29, 1.82) is 0 Å². The van der Waals surface area contributed by atoms with Crippen LogP contribution < -0.4 is 5.32 Å².